The zero-order valence-corrected chi connectivity index (χ0v) is 14.4. The van der Waals surface area contributed by atoms with E-state index >= 15 is 0 Å². The molecule has 1 aromatic rings. The van der Waals surface area contributed by atoms with E-state index in [2.05, 4.69) is 6.07 Å². The highest BCUT2D eigenvalue weighted by atomic mass is 16.7. The molecule has 25 heavy (non-hydrogen) atoms. The highest BCUT2D eigenvalue weighted by Gasteiger charge is 2.43. The molecule has 2 unspecified atom stereocenters. The molecular formula is C19H27N3O3. The number of hydrogen-bond donors (Lipinski definition) is 3. The van der Waals surface area contributed by atoms with Crippen LogP contribution in [0.15, 0.2) is 30.5 Å². The molecule has 2 heterocycles. The van der Waals surface area contributed by atoms with Crippen molar-refractivity contribution in [1.29, 1.82) is 0 Å². The molecule has 0 bridgehead atoms. The van der Waals surface area contributed by atoms with E-state index in [1.165, 1.54) is 0 Å². The van der Waals surface area contributed by atoms with Gasteiger partial charge in [0.05, 0.1) is 31.1 Å². The molecule has 0 amide bonds. The van der Waals surface area contributed by atoms with Gasteiger partial charge in [-0.05, 0) is 30.7 Å². The summed E-state index contributed by atoms with van der Waals surface area (Å²) in [5.74, 6) is 6.16. The molecule has 1 spiro atoms. The summed E-state index contributed by atoms with van der Waals surface area (Å²) in [5, 5.41) is 12.5. The summed E-state index contributed by atoms with van der Waals surface area (Å²) in [6, 6.07) is 8.04. The maximum atomic E-state index is 10.9. The van der Waals surface area contributed by atoms with Crippen LogP contribution in [0.2, 0.25) is 0 Å². The van der Waals surface area contributed by atoms with Crippen molar-refractivity contribution in [2.75, 3.05) is 13.2 Å². The Bertz CT molecular complexity index is 647. The first-order valence-electron chi connectivity index (χ1n) is 9.15. The summed E-state index contributed by atoms with van der Waals surface area (Å²) in [5.41, 5.74) is 8.78. The molecule has 2 aliphatic heterocycles. The summed E-state index contributed by atoms with van der Waals surface area (Å²) in [4.78, 5) is 0. The van der Waals surface area contributed by atoms with E-state index in [1.54, 1.807) is 11.2 Å². The van der Waals surface area contributed by atoms with Crippen LogP contribution in [0.3, 0.4) is 0 Å². The topological polar surface area (TPSA) is 94.0 Å². The molecule has 0 aromatic heterocycles. The van der Waals surface area contributed by atoms with Crippen LogP contribution in [0.1, 0.15) is 49.3 Å². The zero-order chi connectivity index (χ0) is 17.4. The number of nitrogens with zero attached hydrogens (tertiary/aromatic N) is 1. The average Bonchev–Trinajstić information content (AvgIpc) is 3.19. The number of fused-ring (bicyclic) bond motifs is 1. The van der Waals surface area contributed by atoms with Crippen molar-refractivity contribution in [2.24, 2.45) is 17.5 Å². The Hall–Kier alpha value is -1.60. The largest absolute Gasteiger partial charge is 0.403 e. The monoisotopic (exact) mass is 345 g/mol. The second-order valence-electron chi connectivity index (χ2n) is 7.31. The first kappa shape index (κ1) is 16.8. The van der Waals surface area contributed by atoms with Gasteiger partial charge in [0.15, 0.2) is 5.79 Å². The third-order valence-corrected chi connectivity index (χ3v) is 5.98. The van der Waals surface area contributed by atoms with E-state index < -0.39 is 6.10 Å². The molecule has 1 saturated carbocycles. The standard InChI is InChI=1S/C19H27N3O3/c20-12-17-15-4-2-1-3-14(15)16(22(17)21)11-18(23)13-5-7-19(8-6-13)24-9-10-25-19/h1-4,12-13,16,18,23H,5-11,20-21H2/b17-12-. The first-order chi connectivity index (χ1) is 12.1. The van der Waals surface area contributed by atoms with Crippen molar-refractivity contribution in [3.05, 3.63) is 41.6 Å². The van der Waals surface area contributed by atoms with Crippen molar-refractivity contribution in [3.63, 3.8) is 0 Å². The minimum absolute atomic E-state index is 0.0455. The molecule has 5 N–H and O–H groups in total. The third kappa shape index (κ3) is 2.93. The fourth-order valence-electron chi connectivity index (χ4n) is 4.57. The van der Waals surface area contributed by atoms with Crippen LogP contribution in [0.25, 0.3) is 5.70 Å². The van der Waals surface area contributed by atoms with Gasteiger partial charge in [-0.25, -0.2) is 5.84 Å². The van der Waals surface area contributed by atoms with Gasteiger partial charge in [-0.2, -0.15) is 0 Å². The minimum Gasteiger partial charge on any atom is -0.403 e. The molecule has 3 aliphatic rings. The van der Waals surface area contributed by atoms with E-state index in [-0.39, 0.29) is 17.7 Å². The summed E-state index contributed by atoms with van der Waals surface area (Å²) in [6.07, 6.45) is 5.29. The first-order valence-corrected chi connectivity index (χ1v) is 9.15. The number of nitrogens with two attached hydrogens (primary N) is 2. The van der Waals surface area contributed by atoms with E-state index in [0.717, 1.165) is 42.5 Å². The molecule has 6 heteroatoms. The Morgan fingerprint density at radius 1 is 1.24 bits per heavy atom. The highest BCUT2D eigenvalue weighted by Crippen LogP contribution is 2.44. The van der Waals surface area contributed by atoms with E-state index in [1.807, 2.05) is 18.2 Å². The number of hydrazine groups is 1. The van der Waals surface area contributed by atoms with Crippen molar-refractivity contribution in [3.8, 4) is 0 Å². The minimum atomic E-state index is -0.403. The van der Waals surface area contributed by atoms with Crippen LogP contribution in [-0.4, -0.2) is 35.2 Å². The Balaban J connectivity index is 1.44. The van der Waals surface area contributed by atoms with Gasteiger partial charge in [-0.1, -0.05) is 24.3 Å². The molecule has 6 nitrogen and oxygen atoms in total. The second kappa shape index (κ2) is 6.61. The van der Waals surface area contributed by atoms with Crippen molar-refractivity contribution >= 4 is 5.70 Å². The van der Waals surface area contributed by atoms with E-state index in [0.29, 0.717) is 19.6 Å². The lowest BCUT2D eigenvalue weighted by Crippen LogP contribution is -2.39. The SMILES string of the molecule is N/C=C1/c2ccccc2C(CC(O)C2CCC3(CC2)OCCO3)N1N. The van der Waals surface area contributed by atoms with Crippen molar-refractivity contribution in [1.82, 2.24) is 5.01 Å². The van der Waals surface area contributed by atoms with Crippen LogP contribution >= 0.6 is 0 Å². The van der Waals surface area contributed by atoms with Crippen LogP contribution in [0.4, 0.5) is 0 Å². The predicted octanol–water partition coefficient (Wildman–Crippen LogP) is 1.86. The molecule has 1 aromatic carbocycles. The van der Waals surface area contributed by atoms with E-state index in [4.69, 9.17) is 21.1 Å². The smallest absolute Gasteiger partial charge is 0.168 e. The van der Waals surface area contributed by atoms with Crippen LogP contribution < -0.4 is 11.6 Å². The lowest BCUT2D eigenvalue weighted by Gasteiger charge is -2.38. The molecule has 4 rings (SSSR count). The van der Waals surface area contributed by atoms with Gasteiger partial charge in [0, 0.05) is 24.6 Å². The van der Waals surface area contributed by atoms with Crippen molar-refractivity contribution in [2.45, 2.75) is 50.0 Å². The van der Waals surface area contributed by atoms with Crippen LogP contribution in [0, 0.1) is 5.92 Å². The average molecular weight is 345 g/mol. The Labute approximate surface area is 148 Å². The molecule has 1 aliphatic carbocycles. The quantitative estimate of drug-likeness (QED) is 0.724. The summed E-state index contributed by atoms with van der Waals surface area (Å²) >= 11 is 0. The Morgan fingerprint density at radius 2 is 1.92 bits per heavy atom. The van der Waals surface area contributed by atoms with Gasteiger partial charge in [0.25, 0.3) is 0 Å². The Morgan fingerprint density at radius 3 is 2.60 bits per heavy atom. The van der Waals surface area contributed by atoms with Gasteiger partial charge < -0.3 is 25.3 Å². The Kier molecular flexibility index (Phi) is 4.45. The number of aliphatic hydroxyl groups excluding tert-OH is 1. The van der Waals surface area contributed by atoms with Gasteiger partial charge in [-0.3, -0.25) is 0 Å². The summed E-state index contributed by atoms with van der Waals surface area (Å²) in [6.45, 7) is 1.37. The predicted molar refractivity (Wildman–Crippen MR) is 94.6 cm³/mol. The van der Waals surface area contributed by atoms with Gasteiger partial charge in [0.1, 0.15) is 0 Å². The fourth-order valence-corrected chi connectivity index (χ4v) is 4.57. The number of benzene rings is 1. The normalized spacial score (nSPS) is 28.6. The maximum absolute atomic E-state index is 10.9. The van der Waals surface area contributed by atoms with Crippen LogP contribution in [-0.2, 0) is 9.47 Å². The van der Waals surface area contributed by atoms with Gasteiger partial charge in [-0.15, -0.1) is 0 Å². The second-order valence-corrected chi connectivity index (χ2v) is 7.31. The summed E-state index contributed by atoms with van der Waals surface area (Å²) in [7, 11) is 0. The molecule has 2 atom stereocenters. The van der Waals surface area contributed by atoms with Crippen LogP contribution in [0.5, 0.6) is 0 Å². The fraction of sp³-hybridized carbons (Fsp3) is 0.579. The summed E-state index contributed by atoms with van der Waals surface area (Å²) < 4.78 is 11.6. The lowest BCUT2D eigenvalue weighted by atomic mass is 9.80. The molecule has 2 fully saturated rings. The number of aliphatic hydroxyl groups is 1. The highest BCUT2D eigenvalue weighted by molar-refractivity contribution is 5.71. The van der Waals surface area contributed by atoms with Crippen molar-refractivity contribution < 1.29 is 14.6 Å². The van der Waals surface area contributed by atoms with Gasteiger partial charge >= 0.3 is 0 Å². The molecule has 1 saturated heterocycles. The number of hydrogen-bond acceptors (Lipinski definition) is 6. The third-order valence-electron chi connectivity index (χ3n) is 5.98. The number of ether oxygens (including phenoxy) is 2. The van der Waals surface area contributed by atoms with Gasteiger partial charge in [0.2, 0.25) is 0 Å². The molecule has 136 valence electrons. The molecule has 0 radical (unpaired) electrons. The maximum Gasteiger partial charge on any atom is 0.168 e. The molecular weight excluding hydrogens is 318 g/mol. The van der Waals surface area contributed by atoms with E-state index in [9.17, 15) is 5.11 Å². The lowest BCUT2D eigenvalue weighted by molar-refractivity contribution is -0.187. The zero-order valence-electron chi connectivity index (χ0n) is 14.4. The number of rotatable bonds is 3.